The van der Waals surface area contributed by atoms with E-state index >= 15 is 8.78 Å². The van der Waals surface area contributed by atoms with Crippen molar-refractivity contribution in [1.82, 2.24) is 14.9 Å². The van der Waals surface area contributed by atoms with Crippen LogP contribution in [0.2, 0.25) is 5.02 Å². The summed E-state index contributed by atoms with van der Waals surface area (Å²) in [4.78, 5) is 14.2. The number of halogens is 3. The van der Waals surface area contributed by atoms with Crippen LogP contribution in [0, 0.1) is 46.1 Å². The van der Waals surface area contributed by atoms with Crippen molar-refractivity contribution >= 4 is 54.7 Å². The largest absolute Gasteiger partial charge is 0.489 e. The summed E-state index contributed by atoms with van der Waals surface area (Å²) in [5.74, 6) is -0.113. The fraction of sp³-hybridized carbons (Fsp3) is 0.471. The van der Waals surface area contributed by atoms with Crippen LogP contribution in [0.3, 0.4) is 0 Å². The molecule has 4 atom stereocenters. The van der Waals surface area contributed by atoms with Gasteiger partial charge in [-0.05, 0) is 62.1 Å². The van der Waals surface area contributed by atoms with Crippen LogP contribution in [0.5, 0.6) is 11.8 Å². The SMILES string of the molecule is C[C@H]1CN2CCC[C@@]2(COc2nc3c4c(c(Cl)c(-c5ccc(F)c6sc(N)c(C#N)c56)c(F)c4n2)OCC2C(CC#N)CCCN32)C1. The Labute approximate surface area is 279 Å². The van der Waals surface area contributed by atoms with E-state index in [1.807, 2.05) is 0 Å². The Hall–Kier alpha value is -3.97. The summed E-state index contributed by atoms with van der Waals surface area (Å²) < 4.78 is 45.2. The Balaban J connectivity index is 1.35. The summed E-state index contributed by atoms with van der Waals surface area (Å²) in [6.45, 7) is 5.50. The molecule has 13 heteroatoms. The third-order valence-electron chi connectivity index (χ3n) is 10.6. The van der Waals surface area contributed by atoms with E-state index in [0.29, 0.717) is 36.7 Å². The van der Waals surface area contributed by atoms with Crippen molar-refractivity contribution in [2.45, 2.75) is 57.0 Å². The molecule has 3 saturated heterocycles. The minimum absolute atomic E-state index is 0.00939. The number of nitrogens with zero attached hydrogens (tertiary/aromatic N) is 6. The molecule has 4 aliphatic heterocycles. The lowest BCUT2D eigenvalue weighted by Crippen LogP contribution is -2.48. The van der Waals surface area contributed by atoms with Crippen molar-refractivity contribution in [3.8, 4) is 35.0 Å². The molecule has 0 aliphatic carbocycles. The molecule has 8 rings (SSSR count). The lowest BCUT2D eigenvalue weighted by Gasteiger charge is -2.40. The van der Waals surface area contributed by atoms with Crippen molar-refractivity contribution in [2.75, 3.05) is 43.5 Å². The molecule has 0 radical (unpaired) electrons. The molecule has 2 unspecified atom stereocenters. The van der Waals surface area contributed by atoms with Crippen LogP contribution in [0.25, 0.3) is 32.1 Å². The molecule has 0 saturated carbocycles. The smallest absolute Gasteiger partial charge is 0.319 e. The maximum Gasteiger partial charge on any atom is 0.319 e. The fourth-order valence-electron chi connectivity index (χ4n) is 8.56. The van der Waals surface area contributed by atoms with Crippen LogP contribution in [-0.2, 0) is 0 Å². The Morgan fingerprint density at radius 3 is 2.87 bits per heavy atom. The van der Waals surface area contributed by atoms with Crippen LogP contribution in [0.1, 0.15) is 51.0 Å². The van der Waals surface area contributed by atoms with Gasteiger partial charge in [-0.2, -0.15) is 20.5 Å². The van der Waals surface area contributed by atoms with E-state index in [9.17, 15) is 10.5 Å². The van der Waals surface area contributed by atoms with Crippen molar-refractivity contribution in [2.24, 2.45) is 11.8 Å². The van der Waals surface area contributed by atoms with E-state index in [-0.39, 0.29) is 78.2 Å². The molecule has 4 aliphatic rings. The third-order valence-corrected chi connectivity index (χ3v) is 11.9. The van der Waals surface area contributed by atoms with Crippen LogP contribution in [0.15, 0.2) is 12.1 Å². The molecule has 4 aromatic rings. The standard InChI is InChI=1S/C34H32ClF2N7O2S/c1-17-12-34(8-3-10-43(34)14-17)16-46-33-41-28-25-29(45-15-22-18(7-9-38)4-2-11-44(22)32(25)42-33)26(35)24(27(28)37)19-5-6-21(36)30-23(19)20(13-39)31(40)47-30/h5-6,17-18,22H,2-4,7-8,10-12,14-16,40H2,1H3/t17-,18?,22?,34+/m1/s1. The highest BCUT2D eigenvalue weighted by atomic mass is 35.5. The number of benzene rings is 2. The van der Waals surface area contributed by atoms with Gasteiger partial charge in [-0.1, -0.05) is 24.6 Å². The van der Waals surface area contributed by atoms with Gasteiger partial charge in [0.05, 0.1) is 38.3 Å². The number of thiophene rings is 1. The van der Waals surface area contributed by atoms with E-state index < -0.39 is 11.6 Å². The van der Waals surface area contributed by atoms with E-state index in [2.05, 4.69) is 33.8 Å². The normalized spacial score (nSPS) is 25.2. The zero-order chi connectivity index (χ0) is 32.6. The van der Waals surface area contributed by atoms with Gasteiger partial charge < -0.3 is 20.1 Å². The Morgan fingerprint density at radius 2 is 2.06 bits per heavy atom. The number of anilines is 2. The van der Waals surface area contributed by atoms with Gasteiger partial charge in [-0.15, -0.1) is 11.3 Å². The molecule has 2 aromatic carbocycles. The van der Waals surface area contributed by atoms with Crippen LogP contribution in [-0.4, -0.2) is 59.3 Å². The van der Waals surface area contributed by atoms with Crippen molar-refractivity contribution in [1.29, 1.82) is 10.5 Å². The van der Waals surface area contributed by atoms with E-state index in [4.69, 9.17) is 31.8 Å². The van der Waals surface area contributed by atoms with Gasteiger partial charge in [-0.3, -0.25) is 4.90 Å². The minimum atomic E-state index is -0.758. The minimum Gasteiger partial charge on any atom is -0.489 e. The summed E-state index contributed by atoms with van der Waals surface area (Å²) in [7, 11) is 0. The Kier molecular flexibility index (Phi) is 7.32. The Morgan fingerprint density at radius 1 is 1.21 bits per heavy atom. The average Bonchev–Trinajstić information content (AvgIpc) is 3.66. The van der Waals surface area contributed by atoms with Crippen molar-refractivity contribution in [3.05, 3.63) is 34.4 Å². The molecule has 0 spiro atoms. The lowest BCUT2D eigenvalue weighted by atomic mass is 9.87. The van der Waals surface area contributed by atoms with Gasteiger partial charge >= 0.3 is 6.01 Å². The first-order valence-electron chi connectivity index (χ1n) is 16.0. The van der Waals surface area contributed by atoms with Gasteiger partial charge in [0.1, 0.15) is 41.4 Å². The molecule has 6 heterocycles. The first kappa shape index (κ1) is 30.4. The van der Waals surface area contributed by atoms with Gasteiger partial charge in [-0.25, -0.2) is 8.78 Å². The van der Waals surface area contributed by atoms with Crippen molar-refractivity contribution < 1.29 is 18.3 Å². The first-order chi connectivity index (χ1) is 22.7. The maximum atomic E-state index is 17.2. The number of fused-ring (bicyclic) bond motifs is 4. The third kappa shape index (κ3) is 4.60. The highest BCUT2D eigenvalue weighted by Gasteiger charge is 2.48. The summed E-state index contributed by atoms with van der Waals surface area (Å²) in [6, 6.07) is 6.84. The molecule has 2 aromatic heterocycles. The molecule has 47 heavy (non-hydrogen) atoms. The summed E-state index contributed by atoms with van der Waals surface area (Å²) >= 11 is 8.00. The number of piperidine rings is 1. The summed E-state index contributed by atoms with van der Waals surface area (Å²) in [5, 5.41) is 20.2. The van der Waals surface area contributed by atoms with Gasteiger partial charge in [0.2, 0.25) is 0 Å². The molecular weight excluding hydrogens is 644 g/mol. The topological polar surface area (TPSA) is 124 Å². The molecule has 0 amide bonds. The number of hydrogen-bond donors (Lipinski definition) is 1. The highest BCUT2D eigenvalue weighted by Crippen LogP contribution is 2.52. The second kappa shape index (κ2) is 11.3. The molecule has 9 nitrogen and oxygen atoms in total. The van der Waals surface area contributed by atoms with Gasteiger partial charge in [0.25, 0.3) is 0 Å². The van der Waals surface area contributed by atoms with E-state index in [1.165, 1.54) is 12.1 Å². The highest BCUT2D eigenvalue weighted by molar-refractivity contribution is 7.23. The van der Waals surface area contributed by atoms with E-state index in [0.717, 1.165) is 56.5 Å². The zero-order valence-corrected chi connectivity index (χ0v) is 27.4. The monoisotopic (exact) mass is 675 g/mol. The average molecular weight is 676 g/mol. The number of nitrogens with two attached hydrogens (primary N) is 1. The molecule has 242 valence electrons. The zero-order valence-electron chi connectivity index (χ0n) is 25.8. The number of hydrogen-bond acceptors (Lipinski definition) is 10. The first-order valence-corrected chi connectivity index (χ1v) is 17.2. The second-order valence-corrected chi connectivity index (χ2v) is 14.8. The quantitative estimate of drug-likeness (QED) is 0.237. The number of nitriles is 2. The van der Waals surface area contributed by atoms with Crippen LogP contribution in [0.4, 0.5) is 19.6 Å². The summed E-state index contributed by atoms with van der Waals surface area (Å²) in [5.41, 5.74) is 6.16. The second-order valence-electron chi connectivity index (χ2n) is 13.3. The number of rotatable bonds is 5. The molecule has 3 fully saturated rings. The molecular formula is C34H32ClF2N7O2S. The van der Waals surface area contributed by atoms with E-state index in [1.54, 1.807) is 0 Å². The predicted octanol–water partition coefficient (Wildman–Crippen LogP) is 7.04. The number of aromatic nitrogens is 2. The van der Waals surface area contributed by atoms with Crippen molar-refractivity contribution in [3.63, 3.8) is 0 Å². The summed E-state index contributed by atoms with van der Waals surface area (Å²) in [6.07, 6.45) is 5.13. The fourth-order valence-corrected chi connectivity index (χ4v) is 9.84. The number of nitrogen functional groups attached to an aromatic ring is 1. The predicted molar refractivity (Wildman–Crippen MR) is 177 cm³/mol. The van der Waals surface area contributed by atoms with Crippen LogP contribution < -0.4 is 20.1 Å². The van der Waals surface area contributed by atoms with Crippen LogP contribution >= 0.6 is 22.9 Å². The van der Waals surface area contributed by atoms with Gasteiger partial charge in [0, 0.05) is 30.5 Å². The molecule has 2 N–H and O–H groups in total. The maximum absolute atomic E-state index is 17.2. The Bertz CT molecular complexity index is 2040. The lowest BCUT2D eigenvalue weighted by molar-refractivity contribution is 0.107. The number of ether oxygens (including phenoxy) is 2. The van der Waals surface area contributed by atoms with Gasteiger partial charge in [0.15, 0.2) is 11.6 Å². The molecule has 0 bridgehead atoms.